The molecule has 29 heavy (non-hydrogen) atoms. The normalized spacial score (nSPS) is 15.3. The first-order chi connectivity index (χ1) is 13.7. The van der Waals surface area contributed by atoms with Crippen LogP contribution < -0.4 is 10.1 Å². The van der Waals surface area contributed by atoms with E-state index in [-0.39, 0.29) is 18.3 Å². The molecule has 1 aliphatic heterocycles. The lowest BCUT2D eigenvalue weighted by molar-refractivity contribution is -0.135. The van der Waals surface area contributed by atoms with Gasteiger partial charge < -0.3 is 25.0 Å². The molecule has 1 aromatic carbocycles. The fourth-order valence-electron chi connectivity index (χ4n) is 3.22. The largest absolute Gasteiger partial charge is 0.497 e. The Balaban J connectivity index is 0.00000132. The van der Waals surface area contributed by atoms with Crippen molar-refractivity contribution < 1.29 is 24.2 Å². The van der Waals surface area contributed by atoms with Crippen LogP contribution >= 0.6 is 0 Å². The Labute approximate surface area is 172 Å². The molecule has 1 saturated heterocycles. The van der Waals surface area contributed by atoms with E-state index in [1.165, 1.54) is 0 Å². The lowest BCUT2D eigenvalue weighted by Gasteiger charge is -2.43. The predicted octanol–water partition coefficient (Wildman–Crippen LogP) is 0.819. The average molecular weight is 408 g/mol. The smallest absolute Gasteiger partial charge is 0.290 e. The first-order valence-corrected chi connectivity index (χ1v) is 9.33. The van der Waals surface area contributed by atoms with Crippen molar-refractivity contribution in [1.82, 2.24) is 14.7 Å². The van der Waals surface area contributed by atoms with Crippen LogP contribution in [0.5, 0.6) is 5.75 Å². The van der Waals surface area contributed by atoms with Crippen molar-refractivity contribution in [3.05, 3.63) is 24.3 Å². The molecule has 0 aromatic heterocycles. The summed E-state index contributed by atoms with van der Waals surface area (Å²) in [5, 5.41) is 10.3. The number of piperidine rings is 1. The molecule has 0 aliphatic carbocycles. The van der Waals surface area contributed by atoms with Gasteiger partial charge in [-0.1, -0.05) is 6.07 Å². The van der Waals surface area contributed by atoms with Crippen LogP contribution in [0.25, 0.3) is 0 Å². The van der Waals surface area contributed by atoms with Crippen LogP contribution in [0.4, 0.5) is 5.69 Å². The summed E-state index contributed by atoms with van der Waals surface area (Å²) in [6.45, 7) is 1.52. The van der Waals surface area contributed by atoms with Crippen molar-refractivity contribution in [2.24, 2.45) is 0 Å². The van der Waals surface area contributed by atoms with Crippen molar-refractivity contribution in [1.29, 1.82) is 0 Å². The molecule has 1 fully saturated rings. The maximum atomic E-state index is 13.0. The van der Waals surface area contributed by atoms with Crippen molar-refractivity contribution in [2.45, 2.75) is 18.4 Å². The highest BCUT2D eigenvalue weighted by atomic mass is 16.5. The van der Waals surface area contributed by atoms with Crippen LogP contribution in [-0.4, -0.2) is 98.6 Å². The molecule has 9 nitrogen and oxygen atoms in total. The molecule has 2 rings (SSSR count). The van der Waals surface area contributed by atoms with Crippen molar-refractivity contribution in [2.75, 3.05) is 60.3 Å². The van der Waals surface area contributed by atoms with Gasteiger partial charge in [-0.05, 0) is 25.0 Å². The minimum atomic E-state index is -0.673. The number of hydrogen-bond acceptors (Lipinski definition) is 6. The Morgan fingerprint density at radius 1 is 1.21 bits per heavy atom. The summed E-state index contributed by atoms with van der Waals surface area (Å²) in [5.41, 5.74) is 0.186. The van der Waals surface area contributed by atoms with Crippen LogP contribution in [0.15, 0.2) is 24.3 Å². The van der Waals surface area contributed by atoms with E-state index in [4.69, 9.17) is 14.6 Å². The number of carboxylic acid groups (broad SMARTS) is 1. The van der Waals surface area contributed by atoms with E-state index in [2.05, 4.69) is 10.2 Å². The number of likely N-dealkylation sites (N-methyl/N-ethyl adjacent to an activating group) is 2. The van der Waals surface area contributed by atoms with Gasteiger partial charge in [0.2, 0.25) is 11.8 Å². The van der Waals surface area contributed by atoms with Crippen LogP contribution in [-0.2, 0) is 14.4 Å². The zero-order valence-corrected chi connectivity index (χ0v) is 17.8. The first kappa shape index (κ1) is 24.2. The first-order valence-electron chi connectivity index (χ1n) is 9.33. The van der Waals surface area contributed by atoms with E-state index < -0.39 is 5.54 Å². The number of likely N-dealkylation sites (tertiary alicyclic amines) is 1. The third-order valence-corrected chi connectivity index (χ3v) is 4.84. The standard InChI is InChI=1S/C19H30N4O3.CH2O2/c1-21(2)17(24)14-23-11-9-19(10-12-23,18(25)22(3)4)20-15-7-6-8-16(13-15)26-5;2-1-3/h6-8,13,20H,9-12,14H2,1-5H3;1H,(H,2,3). The summed E-state index contributed by atoms with van der Waals surface area (Å²) >= 11 is 0. The second kappa shape index (κ2) is 11.3. The summed E-state index contributed by atoms with van der Waals surface area (Å²) in [6.07, 6.45) is 1.28. The number of hydrogen-bond donors (Lipinski definition) is 2. The van der Waals surface area contributed by atoms with Crippen LogP contribution in [0.2, 0.25) is 0 Å². The Hall–Kier alpha value is -2.81. The maximum absolute atomic E-state index is 13.0. The number of ether oxygens (including phenoxy) is 1. The molecule has 2 amide bonds. The number of carbonyl (C=O) groups excluding carboxylic acids is 2. The van der Waals surface area contributed by atoms with Gasteiger partial charge in [-0.3, -0.25) is 19.3 Å². The van der Waals surface area contributed by atoms with Gasteiger partial charge in [0.15, 0.2) is 0 Å². The van der Waals surface area contributed by atoms with Crippen LogP contribution in [0.3, 0.4) is 0 Å². The van der Waals surface area contributed by atoms with E-state index in [1.807, 2.05) is 24.3 Å². The Morgan fingerprint density at radius 2 is 1.79 bits per heavy atom. The second-order valence-corrected chi connectivity index (χ2v) is 7.31. The molecule has 0 bridgehead atoms. The fourth-order valence-corrected chi connectivity index (χ4v) is 3.22. The van der Waals surface area contributed by atoms with Gasteiger partial charge in [0.05, 0.1) is 13.7 Å². The highest BCUT2D eigenvalue weighted by Gasteiger charge is 2.42. The summed E-state index contributed by atoms with van der Waals surface area (Å²) in [4.78, 5) is 38.6. The highest BCUT2D eigenvalue weighted by molar-refractivity contribution is 5.89. The molecule has 0 saturated carbocycles. The number of benzene rings is 1. The Morgan fingerprint density at radius 3 is 2.28 bits per heavy atom. The highest BCUT2D eigenvalue weighted by Crippen LogP contribution is 2.30. The minimum Gasteiger partial charge on any atom is -0.497 e. The number of nitrogens with one attached hydrogen (secondary N) is 1. The monoisotopic (exact) mass is 408 g/mol. The summed E-state index contributed by atoms with van der Waals surface area (Å²) in [7, 11) is 8.70. The lowest BCUT2D eigenvalue weighted by Crippen LogP contribution is -2.58. The number of anilines is 1. The van der Waals surface area contributed by atoms with Gasteiger partial charge in [0.25, 0.3) is 6.47 Å². The molecule has 0 spiro atoms. The van der Waals surface area contributed by atoms with E-state index in [0.29, 0.717) is 32.5 Å². The SMILES string of the molecule is COc1cccc(NC2(C(=O)N(C)C)CCN(CC(=O)N(C)C)CC2)c1.O=CO. The van der Waals surface area contributed by atoms with Crippen LogP contribution in [0.1, 0.15) is 12.8 Å². The average Bonchev–Trinajstić information content (AvgIpc) is 2.69. The summed E-state index contributed by atoms with van der Waals surface area (Å²) < 4.78 is 5.28. The molecule has 0 radical (unpaired) electrons. The quantitative estimate of drug-likeness (QED) is 0.672. The van der Waals surface area contributed by atoms with Gasteiger partial charge in [-0.15, -0.1) is 0 Å². The van der Waals surface area contributed by atoms with E-state index in [0.717, 1.165) is 11.4 Å². The van der Waals surface area contributed by atoms with E-state index >= 15 is 0 Å². The molecule has 1 aliphatic rings. The van der Waals surface area contributed by atoms with Crippen molar-refractivity contribution >= 4 is 24.0 Å². The molecule has 1 aromatic rings. The molecular formula is C20H32N4O5. The zero-order valence-electron chi connectivity index (χ0n) is 17.8. The van der Waals surface area contributed by atoms with Crippen LogP contribution in [0, 0.1) is 0 Å². The maximum Gasteiger partial charge on any atom is 0.290 e. The molecule has 0 atom stereocenters. The van der Waals surface area contributed by atoms with Crippen molar-refractivity contribution in [3.8, 4) is 5.75 Å². The zero-order chi connectivity index (χ0) is 22.0. The molecule has 0 unspecified atom stereocenters. The fraction of sp³-hybridized carbons (Fsp3) is 0.550. The predicted molar refractivity (Wildman–Crippen MR) is 111 cm³/mol. The van der Waals surface area contributed by atoms with Gasteiger partial charge in [0, 0.05) is 53.0 Å². The molecule has 1 heterocycles. The topological polar surface area (TPSA) is 102 Å². The minimum absolute atomic E-state index is 0.0545. The van der Waals surface area contributed by atoms with E-state index in [1.54, 1.807) is 45.1 Å². The Kier molecular flexibility index (Phi) is 9.40. The summed E-state index contributed by atoms with van der Waals surface area (Å²) in [6, 6.07) is 7.61. The third-order valence-electron chi connectivity index (χ3n) is 4.84. The Bertz CT molecular complexity index is 685. The molecule has 9 heteroatoms. The van der Waals surface area contributed by atoms with Gasteiger partial charge in [-0.25, -0.2) is 0 Å². The second-order valence-electron chi connectivity index (χ2n) is 7.31. The van der Waals surface area contributed by atoms with Gasteiger partial charge >= 0.3 is 0 Å². The number of rotatable bonds is 6. The van der Waals surface area contributed by atoms with Crippen molar-refractivity contribution in [3.63, 3.8) is 0 Å². The van der Waals surface area contributed by atoms with E-state index in [9.17, 15) is 9.59 Å². The number of amides is 2. The molecule has 2 N–H and O–H groups in total. The molecular weight excluding hydrogens is 376 g/mol. The molecule has 162 valence electrons. The number of methoxy groups -OCH3 is 1. The van der Waals surface area contributed by atoms with Gasteiger partial charge in [0.1, 0.15) is 11.3 Å². The third kappa shape index (κ3) is 6.94. The lowest BCUT2D eigenvalue weighted by atomic mass is 9.85. The number of nitrogens with zero attached hydrogens (tertiary/aromatic N) is 3. The summed E-state index contributed by atoms with van der Waals surface area (Å²) in [5.74, 6) is 0.882. The number of carbonyl (C=O) groups is 3. The van der Waals surface area contributed by atoms with Gasteiger partial charge in [-0.2, -0.15) is 0 Å².